The molecule has 0 aliphatic heterocycles. The van der Waals surface area contributed by atoms with Gasteiger partial charge in [-0.15, -0.1) is 0 Å². The van der Waals surface area contributed by atoms with E-state index in [2.05, 4.69) is 15.9 Å². The van der Waals surface area contributed by atoms with Gasteiger partial charge < -0.3 is 4.42 Å². The Balaban J connectivity index is 2.89. The first-order valence-corrected chi connectivity index (χ1v) is 4.98. The molecule has 0 bridgehead atoms. The van der Waals surface area contributed by atoms with Gasteiger partial charge in [-0.25, -0.2) is 4.79 Å². The highest BCUT2D eigenvalue weighted by Crippen LogP contribution is 2.34. The van der Waals surface area contributed by atoms with Crippen molar-refractivity contribution in [3.8, 4) is 0 Å². The Morgan fingerprint density at radius 2 is 1.88 bits per heavy atom. The standard InChI is InChI=1S/C10H4BrF3O2/c11-5-1-2-6-7(10(12,13)14)4-9(15)16-8(6)3-5/h1-4H. The Bertz CT molecular complexity index is 601. The summed E-state index contributed by atoms with van der Waals surface area (Å²) in [7, 11) is 0. The van der Waals surface area contributed by atoms with Gasteiger partial charge >= 0.3 is 11.8 Å². The predicted molar refractivity (Wildman–Crippen MR) is 55.2 cm³/mol. The number of hydrogen-bond donors (Lipinski definition) is 0. The van der Waals surface area contributed by atoms with Crippen LogP contribution in [0.1, 0.15) is 5.56 Å². The lowest BCUT2D eigenvalue weighted by Gasteiger charge is -2.08. The Kier molecular flexibility index (Phi) is 2.53. The second-order valence-electron chi connectivity index (χ2n) is 3.12. The first kappa shape index (κ1) is 11.2. The third-order valence-electron chi connectivity index (χ3n) is 2.01. The highest BCUT2D eigenvalue weighted by Gasteiger charge is 2.33. The second-order valence-corrected chi connectivity index (χ2v) is 4.03. The molecule has 2 aromatic rings. The van der Waals surface area contributed by atoms with E-state index in [1.165, 1.54) is 18.2 Å². The fourth-order valence-electron chi connectivity index (χ4n) is 1.37. The average Bonchev–Trinajstić information content (AvgIpc) is 2.14. The van der Waals surface area contributed by atoms with E-state index in [1.807, 2.05) is 0 Å². The molecule has 2 nitrogen and oxygen atoms in total. The Morgan fingerprint density at radius 3 is 2.50 bits per heavy atom. The number of fused-ring (bicyclic) bond motifs is 1. The molecule has 1 aromatic heterocycles. The van der Waals surface area contributed by atoms with E-state index < -0.39 is 17.4 Å². The molecule has 6 heteroatoms. The molecule has 84 valence electrons. The Labute approximate surface area is 95.8 Å². The number of rotatable bonds is 0. The molecule has 0 fully saturated rings. The van der Waals surface area contributed by atoms with Crippen LogP contribution in [0.2, 0.25) is 0 Å². The van der Waals surface area contributed by atoms with Crippen LogP contribution in [-0.2, 0) is 6.18 Å². The largest absolute Gasteiger partial charge is 0.423 e. The van der Waals surface area contributed by atoms with Gasteiger partial charge in [0.1, 0.15) is 5.58 Å². The first-order valence-electron chi connectivity index (χ1n) is 4.18. The van der Waals surface area contributed by atoms with Crippen LogP contribution in [0.5, 0.6) is 0 Å². The predicted octanol–water partition coefficient (Wildman–Crippen LogP) is 3.57. The maximum atomic E-state index is 12.6. The van der Waals surface area contributed by atoms with Gasteiger partial charge in [-0.3, -0.25) is 0 Å². The zero-order chi connectivity index (χ0) is 11.9. The third kappa shape index (κ3) is 1.97. The van der Waals surface area contributed by atoms with Gasteiger partial charge in [-0.1, -0.05) is 15.9 Å². The van der Waals surface area contributed by atoms with Crippen molar-refractivity contribution in [3.63, 3.8) is 0 Å². The summed E-state index contributed by atoms with van der Waals surface area (Å²) in [6.07, 6.45) is -4.57. The fraction of sp³-hybridized carbons (Fsp3) is 0.100. The number of halogens is 4. The minimum atomic E-state index is -4.57. The van der Waals surface area contributed by atoms with Crippen LogP contribution < -0.4 is 5.63 Å². The highest BCUT2D eigenvalue weighted by molar-refractivity contribution is 9.10. The van der Waals surface area contributed by atoms with Crippen molar-refractivity contribution < 1.29 is 17.6 Å². The quantitative estimate of drug-likeness (QED) is 0.695. The maximum Gasteiger partial charge on any atom is 0.417 e. The summed E-state index contributed by atoms with van der Waals surface area (Å²) in [5.41, 5.74) is -2.08. The van der Waals surface area contributed by atoms with Crippen LogP contribution in [0.4, 0.5) is 13.2 Å². The van der Waals surface area contributed by atoms with Crippen LogP contribution in [0.15, 0.2) is 37.9 Å². The van der Waals surface area contributed by atoms with Crippen molar-refractivity contribution in [3.05, 3.63) is 44.7 Å². The van der Waals surface area contributed by atoms with E-state index in [4.69, 9.17) is 4.42 Å². The monoisotopic (exact) mass is 292 g/mol. The summed E-state index contributed by atoms with van der Waals surface area (Å²) in [6, 6.07) is 4.49. The molecule has 0 N–H and O–H groups in total. The summed E-state index contributed by atoms with van der Waals surface area (Å²) in [5.74, 6) is 0. The SMILES string of the molecule is O=c1cc(C(F)(F)F)c2ccc(Br)cc2o1. The summed E-state index contributed by atoms with van der Waals surface area (Å²) in [6.45, 7) is 0. The molecule has 16 heavy (non-hydrogen) atoms. The summed E-state index contributed by atoms with van der Waals surface area (Å²) >= 11 is 3.09. The summed E-state index contributed by atoms with van der Waals surface area (Å²) in [5, 5.41) is -0.129. The molecule has 0 aliphatic rings. The molecule has 0 unspecified atom stereocenters. The zero-order valence-electron chi connectivity index (χ0n) is 7.64. The van der Waals surface area contributed by atoms with Gasteiger partial charge in [0.25, 0.3) is 0 Å². The van der Waals surface area contributed by atoms with E-state index >= 15 is 0 Å². The molecule has 0 spiro atoms. The van der Waals surface area contributed by atoms with E-state index in [-0.39, 0.29) is 11.0 Å². The molecular weight excluding hydrogens is 289 g/mol. The molecule has 0 aliphatic carbocycles. The molecule has 0 atom stereocenters. The summed E-state index contributed by atoms with van der Waals surface area (Å²) < 4.78 is 43.1. The Hall–Kier alpha value is -1.30. The van der Waals surface area contributed by atoms with Crippen molar-refractivity contribution in [1.29, 1.82) is 0 Å². The second kappa shape index (κ2) is 3.62. The van der Waals surface area contributed by atoms with Crippen LogP contribution in [0.25, 0.3) is 11.0 Å². The minimum absolute atomic E-state index is 0.0887. The van der Waals surface area contributed by atoms with Gasteiger partial charge in [-0.2, -0.15) is 13.2 Å². The first-order chi connectivity index (χ1) is 7.38. The highest BCUT2D eigenvalue weighted by atomic mass is 79.9. The average molecular weight is 293 g/mol. The lowest BCUT2D eigenvalue weighted by atomic mass is 10.1. The van der Waals surface area contributed by atoms with Gasteiger partial charge in [0.05, 0.1) is 5.56 Å². The van der Waals surface area contributed by atoms with Crippen molar-refractivity contribution in [2.24, 2.45) is 0 Å². The van der Waals surface area contributed by atoms with Gasteiger partial charge in [0.2, 0.25) is 0 Å². The topological polar surface area (TPSA) is 30.2 Å². The molecule has 2 rings (SSSR count). The van der Waals surface area contributed by atoms with Gasteiger partial charge in [0.15, 0.2) is 0 Å². The van der Waals surface area contributed by atoms with Crippen LogP contribution in [-0.4, -0.2) is 0 Å². The van der Waals surface area contributed by atoms with Crippen LogP contribution in [0.3, 0.4) is 0 Å². The zero-order valence-corrected chi connectivity index (χ0v) is 9.22. The van der Waals surface area contributed by atoms with Gasteiger partial charge in [-0.05, 0) is 18.2 Å². The van der Waals surface area contributed by atoms with Crippen molar-refractivity contribution in [2.75, 3.05) is 0 Å². The van der Waals surface area contributed by atoms with Crippen molar-refractivity contribution in [1.82, 2.24) is 0 Å². The molecule has 0 saturated carbocycles. The van der Waals surface area contributed by atoms with Gasteiger partial charge in [0, 0.05) is 15.9 Å². The molecule has 1 aromatic carbocycles. The van der Waals surface area contributed by atoms with Crippen molar-refractivity contribution in [2.45, 2.75) is 6.18 Å². The maximum absolute atomic E-state index is 12.6. The molecule has 0 amide bonds. The van der Waals surface area contributed by atoms with Crippen LogP contribution in [0, 0.1) is 0 Å². The van der Waals surface area contributed by atoms with E-state index in [1.54, 1.807) is 0 Å². The van der Waals surface area contributed by atoms with Crippen LogP contribution >= 0.6 is 15.9 Å². The molecule has 0 radical (unpaired) electrons. The smallest absolute Gasteiger partial charge is 0.417 e. The van der Waals surface area contributed by atoms with E-state index in [9.17, 15) is 18.0 Å². The summed E-state index contributed by atoms with van der Waals surface area (Å²) in [4.78, 5) is 11.0. The number of alkyl halides is 3. The van der Waals surface area contributed by atoms with E-state index in [0.717, 1.165) is 0 Å². The minimum Gasteiger partial charge on any atom is -0.423 e. The Morgan fingerprint density at radius 1 is 1.19 bits per heavy atom. The lowest BCUT2D eigenvalue weighted by molar-refractivity contribution is -0.136. The third-order valence-corrected chi connectivity index (χ3v) is 2.51. The fourth-order valence-corrected chi connectivity index (χ4v) is 1.71. The van der Waals surface area contributed by atoms with Crippen molar-refractivity contribution >= 4 is 26.9 Å². The molecule has 1 heterocycles. The molecular formula is C10H4BrF3O2. The van der Waals surface area contributed by atoms with E-state index in [0.29, 0.717) is 10.5 Å². The molecule has 0 saturated heterocycles. The lowest BCUT2D eigenvalue weighted by Crippen LogP contribution is -2.10. The number of hydrogen-bond acceptors (Lipinski definition) is 2. The number of benzene rings is 1. The normalized spacial score (nSPS) is 12.0.